The second-order valence-electron chi connectivity index (χ2n) is 5.68. The lowest BCUT2D eigenvalue weighted by molar-refractivity contribution is -0.138. The van der Waals surface area contributed by atoms with Gasteiger partial charge in [-0.2, -0.15) is 0 Å². The summed E-state index contributed by atoms with van der Waals surface area (Å²) in [5, 5.41) is 2.50. The van der Waals surface area contributed by atoms with E-state index in [2.05, 4.69) is 16.2 Å². The van der Waals surface area contributed by atoms with Crippen molar-refractivity contribution in [2.45, 2.75) is 33.1 Å². The molecule has 1 aromatic rings. The summed E-state index contributed by atoms with van der Waals surface area (Å²) in [7, 11) is 0. The van der Waals surface area contributed by atoms with Crippen LogP contribution in [0.1, 0.15) is 30.4 Å². The van der Waals surface area contributed by atoms with Crippen LogP contribution in [0.25, 0.3) is 0 Å². The van der Waals surface area contributed by atoms with Crippen molar-refractivity contribution in [1.29, 1.82) is 0 Å². The number of amides is 3. The fourth-order valence-corrected chi connectivity index (χ4v) is 2.32. The smallest absolute Gasteiger partial charge is 0.318 e. The quantitative estimate of drug-likeness (QED) is 0.441. The van der Waals surface area contributed by atoms with Crippen LogP contribution in [0.3, 0.4) is 0 Å². The van der Waals surface area contributed by atoms with Crippen LogP contribution in [0.15, 0.2) is 30.4 Å². The maximum Gasteiger partial charge on any atom is 0.328 e. The van der Waals surface area contributed by atoms with Crippen LogP contribution in [-0.4, -0.2) is 17.7 Å². The predicted molar refractivity (Wildman–Crippen MR) is 87.3 cm³/mol. The third-order valence-electron chi connectivity index (χ3n) is 3.91. The van der Waals surface area contributed by atoms with E-state index in [-0.39, 0.29) is 11.8 Å². The summed E-state index contributed by atoms with van der Waals surface area (Å²) in [6.45, 7) is 3.88. The van der Waals surface area contributed by atoms with Gasteiger partial charge in [-0.25, -0.2) is 0 Å². The Hall–Kier alpha value is -2.63. The van der Waals surface area contributed by atoms with Crippen LogP contribution >= 0.6 is 0 Å². The first-order valence-corrected chi connectivity index (χ1v) is 7.61. The average molecular weight is 315 g/mol. The molecule has 6 nitrogen and oxygen atoms in total. The fourth-order valence-electron chi connectivity index (χ4n) is 2.32. The van der Waals surface area contributed by atoms with Gasteiger partial charge in [-0.05, 0) is 56.4 Å². The summed E-state index contributed by atoms with van der Waals surface area (Å²) in [5.74, 6) is -2.16. The van der Waals surface area contributed by atoms with E-state index >= 15 is 0 Å². The number of benzene rings is 1. The maximum absolute atomic E-state index is 11.9. The molecule has 122 valence electrons. The highest BCUT2D eigenvalue weighted by Gasteiger charge is 2.20. The third-order valence-corrected chi connectivity index (χ3v) is 3.91. The van der Waals surface area contributed by atoms with Gasteiger partial charge in [0, 0.05) is 11.6 Å². The number of nitrogens with one attached hydrogen (secondary N) is 3. The zero-order valence-electron chi connectivity index (χ0n) is 13.3. The van der Waals surface area contributed by atoms with Crippen LogP contribution in [0, 0.1) is 19.8 Å². The van der Waals surface area contributed by atoms with E-state index in [0.29, 0.717) is 12.1 Å². The Morgan fingerprint density at radius 2 is 1.78 bits per heavy atom. The van der Waals surface area contributed by atoms with Gasteiger partial charge < -0.3 is 5.32 Å². The predicted octanol–water partition coefficient (Wildman–Crippen LogP) is 1.75. The Bertz CT molecular complexity index is 652. The van der Waals surface area contributed by atoms with Crippen molar-refractivity contribution in [1.82, 2.24) is 10.9 Å². The SMILES string of the molecule is Cc1ccc(NC(=O)C(=O)NNC(=O)C2CC=CCC2)cc1C. The van der Waals surface area contributed by atoms with Crippen molar-refractivity contribution in [3.63, 3.8) is 0 Å². The lowest BCUT2D eigenvalue weighted by atomic mass is 9.94. The molecule has 0 spiro atoms. The number of anilines is 1. The Labute approximate surface area is 135 Å². The Morgan fingerprint density at radius 1 is 1.00 bits per heavy atom. The van der Waals surface area contributed by atoms with Crippen LogP contribution in [0.4, 0.5) is 5.69 Å². The zero-order chi connectivity index (χ0) is 16.8. The molecular formula is C17H21N3O3. The Morgan fingerprint density at radius 3 is 2.43 bits per heavy atom. The van der Waals surface area contributed by atoms with Gasteiger partial charge in [0.1, 0.15) is 0 Å². The molecule has 0 aliphatic heterocycles. The highest BCUT2D eigenvalue weighted by molar-refractivity contribution is 6.39. The van der Waals surface area contributed by atoms with Crippen LogP contribution in [0.2, 0.25) is 0 Å². The summed E-state index contributed by atoms with van der Waals surface area (Å²) in [6, 6.07) is 5.37. The van der Waals surface area contributed by atoms with E-state index in [1.54, 1.807) is 12.1 Å². The molecule has 0 heterocycles. The second-order valence-corrected chi connectivity index (χ2v) is 5.68. The molecule has 0 fully saturated rings. The van der Waals surface area contributed by atoms with Crippen LogP contribution in [-0.2, 0) is 14.4 Å². The van der Waals surface area contributed by atoms with Gasteiger partial charge in [-0.3, -0.25) is 25.2 Å². The standard InChI is InChI=1S/C17H21N3O3/c1-11-8-9-14(10-12(11)2)18-16(22)17(23)20-19-15(21)13-6-4-3-5-7-13/h3-4,8-10,13H,5-7H2,1-2H3,(H,18,22)(H,19,21)(H,20,23). The number of hydrazine groups is 1. The van der Waals surface area contributed by atoms with E-state index in [4.69, 9.17) is 0 Å². The summed E-state index contributed by atoms with van der Waals surface area (Å²) in [4.78, 5) is 35.4. The van der Waals surface area contributed by atoms with Crippen molar-refractivity contribution < 1.29 is 14.4 Å². The first-order chi connectivity index (χ1) is 11.0. The molecule has 1 aliphatic rings. The minimum absolute atomic E-state index is 0.164. The highest BCUT2D eigenvalue weighted by Crippen LogP contribution is 2.17. The van der Waals surface area contributed by atoms with Crippen molar-refractivity contribution >= 4 is 23.4 Å². The molecule has 6 heteroatoms. The van der Waals surface area contributed by atoms with Crippen molar-refractivity contribution in [2.24, 2.45) is 5.92 Å². The molecule has 1 atom stereocenters. The topological polar surface area (TPSA) is 87.3 Å². The van der Waals surface area contributed by atoms with E-state index < -0.39 is 11.8 Å². The summed E-state index contributed by atoms with van der Waals surface area (Å²) in [5.41, 5.74) is 7.11. The molecule has 0 aromatic heterocycles. The number of allylic oxidation sites excluding steroid dienone is 2. The third kappa shape index (κ3) is 4.67. The number of hydrogen-bond donors (Lipinski definition) is 3. The molecule has 0 radical (unpaired) electrons. The second kappa shape index (κ2) is 7.58. The molecule has 1 aliphatic carbocycles. The van der Waals surface area contributed by atoms with Gasteiger partial charge in [0.05, 0.1) is 0 Å². The molecule has 0 saturated heterocycles. The number of carbonyl (C=O) groups excluding carboxylic acids is 3. The van der Waals surface area contributed by atoms with Crippen molar-refractivity contribution in [3.05, 3.63) is 41.5 Å². The molecule has 0 bridgehead atoms. The summed E-state index contributed by atoms with van der Waals surface area (Å²) in [6.07, 6.45) is 6.21. The van der Waals surface area contributed by atoms with E-state index in [0.717, 1.165) is 24.0 Å². The van der Waals surface area contributed by atoms with Crippen LogP contribution in [0.5, 0.6) is 0 Å². The minimum atomic E-state index is -0.900. The fraction of sp³-hybridized carbons (Fsp3) is 0.353. The largest absolute Gasteiger partial charge is 0.328 e. The lowest BCUT2D eigenvalue weighted by Crippen LogP contribution is -2.48. The number of hydrogen-bond acceptors (Lipinski definition) is 3. The normalized spacial score (nSPS) is 16.5. The number of aryl methyl sites for hydroxylation is 2. The number of rotatable bonds is 2. The van der Waals surface area contributed by atoms with E-state index in [1.807, 2.05) is 32.1 Å². The molecule has 1 unspecified atom stereocenters. The van der Waals surface area contributed by atoms with Gasteiger partial charge >= 0.3 is 11.8 Å². The molecule has 0 saturated carbocycles. The van der Waals surface area contributed by atoms with Gasteiger partial charge in [0.25, 0.3) is 0 Å². The summed E-state index contributed by atoms with van der Waals surface area (Å²) < 4.78 is 0. The van der Waals surface area contributed by atoms with Crippen molar-refractivity contribution in [2.75, 3.05) is 5.32 Å². The zero-order valence-corrected chi connectivity index (χ0v) is 13.3. The molecule has 23 heavy (non-hydrogen) atoms. The Balaban J connectivity index is 1.82. The van der Waals surface area contributed by atoms with Gasteiger partial charge in [-0.15, -0.1) is 0 Å². The van der Waals surface area contributed by atoms with Gasteiger partial charge in [0.2, 0.25) is 5.91 Å². The molecular weight excluding hydrogens is 294 g/mol. The molecule has 2 rings (SSSR count). The van der Waals surface area contributed by atoms with Crippen molar-refractivity contribution in [3.8, 4) is 0 Å². The minimum Gasteiger partial charge on any atom is -0.318 e. The molecule has 3 N–H and O–H groups in total. The Kier molecular flexibility index (Phi) is 5.51. The first-order valence-electron chi connectivity index (χ1n) is 7.61. The van der Waals surface area contributed by atoms with Crippen LogP contribution < -0.4 is 16.2 Å². The van der Waals surface area contributed by atoms with E-state index in [1.165, 1.54) is 0 Å². The first kappa shape index (κ1) is 16.7. The molecule has 1 aromatic carbocycles. The highest BCUT2D eigenvalue weighted by atomic mass is 16.2. The average Bonchev–Trinajstić information content (AvgIpc) is 2.56. The van der Waals surface area contributed by atoms with Gasteiger partial charge in [0.15, 0.2) is 0 Å². The maximum atomic E-state index is 11.9. The monoisotopic (exact) mass is 315 g/mol. The lowest BCUT2D eigenvalue weighted by Gasteiger charge is -2.17. The molecule has 3 amide bonds. The number of carbonyl (C=O) groups is 3. The van der Waals surface area contributed by atoms with Gasteiger partial charge in [-0.1, -0.05) is 18.2 Å². The summed E-state index contributed by atoms with van der Waals surface area (Å²) >= 11 is 0. The van der Waals surface area contributed by atoms with E-state index in [9.17, 15) is 14.4 Å².